The van der Waals surface area contributed by atoms with E-state index in [1.807, 2.05) is 26.0 Å². The molecule has 0 radical (unpaired) electrons. The summed E-state index contributed by atoms with van der Waals surface area (Å²) in [5, 5.41) is 0. The Balaban J connectivity index is 2.15. The fourth-order valence-electron chi connectivity index (χ4n) is 2.19. The molecule has 94 valence electrons. The van der Waals surface area contributed by atoms with E-state index in [2.05, 4.69) is 9.97 Å². The number of aromatic amines is 1. The Labute approximate surface area is 105 Å². The van der Waals surface area contributed by atoms with Crippen molar-refractivity contribution in [3.63, 3.8) is 0 Å². The molecule has 18 heavy (non-hydrogen) atoms. The molecule has 1 aliphatic rings. The molecule has 1 aromatic carbocycles. The number of imidazole rings is 1. The van der Waals surface area contributed by atoms with Crippen molar-refractivity contribution < 1.29 is 9.47 Å². The first kappa shape index (κ1) is 11.0. The van der Waals surface area contributed by atoms with Crippen LogP contribution in [0.5, 0.6) is 11.5 Å². The van der Waals surface area contributed by atoms with Gasteiger partial charge < -0.3 is 20.2 Å². The molecule has 0 fully saturated rings. The quantitative estimate of drug-likeness (QED) is 0.806. The molecular weight excluding hydrogens is 230 g/mol. The lowest BCUT2D eigenvalue weighted by Crippen LogP contribution is -2.15. The zero-order valence-corrected chi connectivity index (χ0v) is 10.4. The van der Waals surface area contributed by atoms with Crippen LogP contribution in [0.15, 0.2) is 12.1 Å². The number of hydrogen-bond acceptors (Lipinski definition) is 4. The lowest BCUT2D eigenvalue weighted by Gasteiger charge is -2.20. The van der Waals surface area contributed by atoms with E-state index >= 15 is 0 Å². The topological polar surface area (TPSA) is 73.2 Å². The van der Waals surface area contributed by atoms with Crippen LogP contribution in [0.1, 0.15) is 11.3 Å². The zero-order valence-electron chi connectivity index (χ0n) is 10.4. The molecular formula is C13H15N3O2. The molecule has 2 aromatic rings. The highest BCUT2D eigenvalue weighted by atomic mass is 16.6. The molecule has 3 rings (SSSR count). The zero-order chi connectivity index (χ0) is 12.7. The monoisotopic (exact) mass is 245 g/mol. The number of nitrogens with one attached hydrogen (secondary N) is 1. The molecule has 5 heteroatoms. The Hall–Kier alpha value is -2.17. The van der Waals surface area contributed by atoms with Gasteiger partial charge in [-0.1, -0.05) is 0 Å². The second kappa shape index (κ2) is 3.94. The van der Waals surface area contributed by atoms with Crippen molar-refractivity contribution >= 4 is 5.95 Å². The average Bonchev–Trinajstić information content (AvgIpc) is 2.67. The van der Waals surface area contributed by atoms with E-state index < -0.39 is 0 Å². The van der Waals surface area contributed by atoms with Gasteiger partial charge in [0, 0.05) is 11.3 Å². The van der Waals surface area contributed by atoms with Crippen LogP contribution in [0.3, 0.4) is 0 Å². The number of ether oxygens (including phenoxy) is 2. The van der Waals surface area contributed by atoms with Crippen molar-refractivity contribution in [2.45, 2.75) is 13.8 Å². The number of aromatic nitrogens is 2. The van der Waals surface area contributed by atoms with Crippen molar-refractivity contribution in [3.05, 3.63) is 23.4 Å². The minimum absolute atomic E-state index is 0.428. The number of rotatable bonds is 1. The highest BCUT2D eigenvalue weighted by Crippen LogP contribution is 2.37. The van der Waals surface area contributed by atoms with Gasteiger partial charge >= 0.3 is 0 Å². The summed E-state index contributed by atoms with van der Waals surface area (Å²) in [6.45, 7) is 5.16. The fraction of sp³-hybridized carbons (Fsp3) is 0.308. The molecule has 0 spiro atoms. The Morgan fingerprint density at radius 2 is 1.83 bits per heavy atom. The first-order valence-electron chi connectivity index (χ1n) is 5.88. The average molecular weight is 245 g/mol. The van der Waals surface area contributed by atoms with E-state index in [0.29, 0.717) is 19.2 Å². The molecule has 5 nitrogen and oxygen atoms in total. The maximum absolute atomic E-state index is 5.68. The van der Waals surface area contributed by atoms with E-state index in [4.69, 9.17) is 15.2 Å². The van der Waals surface area contributed by atoms with Crippen LogP contribution in [0, 0.1) is 13.8 Å². The number of aryl methyl sites for hydroxylation is 2. The minimum Gasteiger partial charge on any atom is -0.486 e. The fourth-order valence-corrected chi connectivity index (χ4v) is 2.19. The van der Waals surface area contributed by atoms with Crippen LogP contribution in [0.25, 0.3) is 11.3 Å². The Morgan fingerprint density at radius 3 is 2.44 bits per heavy atom. The molecule has 0 bridgehead atoms. The lowest BCUT2D eigenvalue weighted by atomic mass is 10.0. The number of H-pyrrole nitrogens is 1. The van der Waals surface area contributed by atoms with Crippen molar-refractivity contribution in [3.8, 4) is 22.8 Å². The molecule has 0 saturated heterocycles. The van der Waals surface area contributed by atoms with E-state index in [1.165, 1.54) is 0 Å². The van der Waals surface area contributed by atoms with E-state index in [9.17, 15) is 0 Å². The first-order valence-corrected chi connectivity index (χ1v) is 5.88. The molecule has 0 atom stereocenters. The van der Waals surface area contributed by atoms with Gasteiger partial charge in [-0.25, -0.2) is 4.98 Å². The van der Waals surface area contributed by atoms with Gasteiger partial charge in [0.25, 0.3) is 0 Å². The molecule has 0 aliphatic carbocycles. The predicted molar refractivity (Wildman–Crippen MR) is 68.9 cm³/mol. The van der Waals surface area contributed by atoms with Gasteiger partial charge in [-0.15, -0.1) is 0 Å². The Morgan fingerprint density at radius 1 is 1.17 bits per heavy atom. The lowest BCUT2D eigenvalue weighted by molar-refractivity contribution is 0.171. The standard InChI is InChI=1S/C13H15N3O2/c1-7-5-10-11(18-4-3-17-10)6-9(7)12-8(2)15-13(14)16-12/h5-6H,3-4H2,1-2H3,(H3,14,15,16). The largest absolute Gasteiger partial charge is 0.486 e. The third-order valence-corrected chi connectivity index (χ3v) is 3.05. The van der Waals surface area contributed by atoms with Crippen LogP contribution in [-0.4, -0.2) is 23.2 Å². The maximum Gasteiger partial charge on any atom is 0.198 e. The van der Waals surface area contributed by atoms with Crippen molar-refractivity contribution in [2.24, 2.45) is 0 Å². The summed E-state index contributed by atoms with van der Waals surface area (Å²) in [6.07, 6.45) is 0. The molecule has 1 aliphatic heterocycles. The second-order valence-electron chi connectivity index (χ2n) is 4.41. The van der Waals surface area contributed by atoms with Gasteiger partial charge in [0.2, 0.25) is 0 Å². The summed E-state index contributed by atoms with van der Waals surface area (Å²) in [4.78, 5) is 7.32. The minimum atomic E-state index is 0.428. The van der Waals surface area contributed by atoms with Gasteiger partial charge in [0.05, 0.1) is 5.69 Å². The maximum atomic E-state index is 5.68. The number of hydrogen-bond donors (Lipinski definition) is 2. The van der Waals surface area contributed by atoms with Crippen LogP contribution in [0.4, 0.5) is 5.95 Å². The number of benzene rings is 1. The molecule has 1 aromatic heterocycles. The van der Waals surface area contributed by atoms with Crippen LogP contribution < -0.4 is 15.2 Å². The predicted octanol–water partition coefficient (Wildman–Crippen LogP) is 2.05. The number of nitrogens with two attached hydrogens (primary N) is 1. The molecule has 3 N–H and O–H groups in total. The number of fused-ring (bicyclic) bond motifs is 1. The second-order valence-corrected chi connectivity index (χ2v) is 4.41. The van der Waals surface area contributed by atoms with Crippen molar-refractivity contribution in [2.75, 3.05) is 18.9 Å². The smallest absolute Gasteiger partial charge is 0.198 e. The van der Waals surface area contributed by atoms with E-state index in [1.54, 1.807) is 0 Å². The van der Waals surface area contributed by atoms with Crippen LogP contribution >= 0.6 is 0 Å². The molecule has 0 unspecified atom stereocenters. The highest BCUT2D eigenvalue weighted by Gasteiger charge is 2.17. The molecule has 0 amide bonds. The third kappa shape index (κ3) is 1.68. The highest BCUT2D eigenvalue weighted by molar-refractivity contribution is 5.71. The number of nitrogen functional groups attached to an aromatic ring is 1. The van der Waals surface area contributed by atoms with Crippen LogP contribution in [-0.2, 0) is 0 Å². The van der Waals surface area contributed by atoms with Crippen molar-refractivity contribution in [1.82, 2.24) is 9.97 Å². The summed E-state index contributed by atoms with van der Waals surface area (Å²) >= 11 is 0. The summed E-state index contributed by atoms with van der Waals surface area (Å²) in [5.74, 6) is 1.99. The number of anilines is 1. The van der Waals surface area contributed by atoms with Gasteiger partial charge in [0.1, 0.15) is 13.2 Å². The van der Waals surface area contributed by atoms with Crippen molar-refractivity contribution in [1.29, 1.82) is 0 Å². The summed E-state index contributed by atoms with van der Waals surface area (Å²) in [7, 11) is 0. The molecule has 2 heterocycles. The third-order valence-electron chi connectivity index (χ3n) is 3.05. The first-order chi connectivity index (χ1) is 8.65. The number of nitrogens with zero attached hydrogens (tertiary/aromatic N) is 1. The van der Waals surface area contributed by atoms with Gasteiger partial charge in [0.15, 0.2) is 17.4 Å². The van der Waals surface area contributed by atoms with E-state index in [0.717, 1.165) is 34.0 Å². The summed E-state index contributed by atoms with van der Waals surface area (Å²) in [6, 6.07) is 3.95. The van der Waals surface area contributed by atoms with Gasteiger partial charge in [-0.05, 0) is 31.5 Å². The molecule has 0 saturated carbocycles. The summed E-state index contributed by atoms with van der Waals surface area (Å²) in [5.41, 5.74) is 9.61. The van der Waals surface area contributed by atoms with Crippen LogP contribution in [0.2, 0.25) is 0 Å². The SMILES string of the molecule is Cc1cc2c(cc1-c1nc(N)[nH]c1C)OCCO2. The Bertz CT molecular complexity index is 605. The summed E-state index contributed by atoms with van der Waals surface area (Å²) < 4.78 is 11.1. The Kier molecular flexibility index (Phi) is 2.40. The van der Waals surface area contributed by atoms with E-state index in [-0.39, 0.29) is 0 Å². The van der Waals surface area contributed by atoms with Gasteiger partial charge in [-0.2, -0.15) is 0 Å². The normalized spacial score (nSPS) is 13.7. The van der Waals surface area contributed by atoms with Gasteiger partial charge in [-0.3, -0.25) is 0 Å².